The maximum absolute atomic E-state index is 12.5. The highest BCUT2D eigenvalue weighted by atomic mass is 16.4. The van der Waals surface area contributed by atoms with Crippen LogP contribution in [0.5, 0.6) is 0 Å². The van der Waals surface area contributed by atoms with Crippen LogP contribution in [0.2, 0.25) is 0 Å². The van der Waals surface area contributed by atoms with Crippen LogP contribution < -0.4 is 0 Å². The number of carbonyl (C=O) groups excluding carboxylic acids is 2. The molecule has 0 saturated heterocycles. The van der Waals surface area contributed by atoms with Crippen molar-refractivity contribution >= 4 is 23.8 Å². The van der Waals surface area contributed by atoms with Crippen molar-refractivity contribution in [2.24, 2.45) is 0 Å². The van der Waals surface area contributed by atoms with Gasteiger partial charge in [0.1, 0.15) is 6.04 Å². The Morgan fingerprint density at radius 2 is 1.77 bits per heavy atom. The third-order valence-electron chi connectivity index (χ3n) is 3.57. The van der Waals surface area contributed by atoms with E-state index >= 15 is 0 Å². The molecule has 0 saturated carbocycles. The molecular formula is C15H15NO6. The number of benzene rings is 1. The Bertz CT molecular complexity index is 679. The lowest BCUT2D eigenvalue weighted by Crippen LogP contribution is -2.46. The van der Waals surface area contributed by atoms with E-state index in [1.165, 1.54) is 6.07 Å². The number of hydrogen-bond donors (Lipinski definition) is 2. The summed E-state index contributed by atoms with van der Waals surface area (Å²) < 4.78 is 0. The second-order valence-corrected chi connectivity index (χ2v) is 5.36. The van der Waals surface area contributed by atoms with E-state index < -0.39 is 36.2 Å². The number of rotatable bonds is 5. The van der Waals surface area contributed by atoms with Crippen molar-refractivity contribution in [3.8, 4) is 0 Å². The van der Waals surface area contributed by atoms with Crippen LogP contribution in [0.25, 0.3) is 0 Å². The number of amides is 2. The Morgan fingerprint density at radius 3 is 2.27 bits per heavy atom. The highest BCUT2D eigenvalue weighted by molar-refractivity contribution is 6.23. The van der Waals surface area contributed by atoms with Crippen LogP contribution in [-0.4, -0.2) is 44.9 Å². The minimum atomic E-state index is -1.72. The molecule has 1 aliphatic heterocycles. The standard InChI is InChI=1S/C15H15NO6/c1-7(2)8-4-3-5-9-12(8)14(20)16(13(9)19)10(15(21)22)6-11(17)18/h3-5,7,10H,6H2,1-2H3,(H,17,18)(H,21,22). The number of imide groups is 1. The first kappa shape index (κ1) is 15.7. The summed E-state index contributed by atoms with van der Waals surface area (Å²) >= 11 is 0. The Labute approximate surface area is 126 Å². The molecule has 116 valence electrons. The molecule has 0 bridgehead atoms. The van der Waals surface area contributed by atoms with Crippen LogP contribution in [0, 0.1) is 0 Å². The lowest BCUT2D eigenvalue weighted by molar-refractivity contribution is -0.147. The summed E-state index contributed by atoms with van der Waals surface area (Å²) in [4.78, 5) is 47.5. The first-order valence-electron chi connectivity index (χ1n) is 6.71. The summed E-state index contributed by atoms with van der Waals surface area (Å²) in [5, 5.41) is 18.0. The van der Waals surface area contributed by atoms with Gasteiger partial charge in [-0.3, -0.25) is 19.3 Å². The predicted octanol–water partition coefficient (Wildman–Crippen LogP) is 1.33. The van der Waals surface area contributed by atoms with Gasteiger partial charge in [-0.15, -0.1) is 0 Å². The normalized spacial score (nSPS) is 15.1. The van der Waals surface area contributed by atoms with Gasteiger partial charge in [-0.1, -0.05) is 26.0 Å². The minimum absolute atomic E-state index is 0.0330. The molecule has 1 aromatic rings. The molecule has 0 fully saturated rings. The van der Waals surface area contributed by atoms with E-state index in [2.05, 4.69) is 0 Å². The van der Waals surface area contributed by atoms with E-state index in [4.69, 9.17) is 10.2 Å². The molecule has 2 rings (SSSR count). The van der Waals surface area contributed by atoms with Gasteiger partial charge in [0.25, 0.3) is 11.8 Å². The molecule has 0 aromatic heterocycles. The average Bonchev–Trinajstić information content (AvgIpc) is 2.68. The number of carboxylic acid groups (broad SMARTS) is 2. The predicted molar refractivity (Wildman–Crippen MR) is 74.7 cm³/mol. The van der Waals surface area contributed by atoms with Gasteiger partial charge in [-0.25, -0.2) is 4.79 Å². The van der Waals surface area contributed by atoms with E-state index in [0.717, 1.165) is 0 Å². The summed E-state index contributed by atoms with van der Waals surface area (Å²) in [7, 11) is 0. The third kappa shape index (κ3) is 2.45. The van der Waals surface area contributed by atoms with Crippen molar-refractivity contribution in [3.05, 3.63) is 34.9 Å². The molecule has 7 nitrogen and oxygen atoms in total. The van der Waals surface area contributed by atoms with Crippen LogP contribution in [0.4, 0.5) is 0 Å². The zero-order chi connectivity index (χ0) is 16.6. The van der Waals surface area contributed by atoms with Crippen molar-refractivity contribution in [2.45, 2.75) is 32.2 Å². The summed E-state index contributed by atoms with van der Waals surface area (Å²) in [6.45, 7) is 3.70. The molecule has 1 aliphatic rings. The molecule has 0 spiro atoms. The molecule has 1 unspecified atom stereocenters. The van der Waals surface area contributed by atoms with Crippen LogP contribution in [0.15, 0.2) is 18.2 Å². The molecule has 2 N–H and O–H groups in total. The zero-order valence-electron chi connectivity index (χ0n) is 12.1. The van der Waals surface area contributed by atoms with Crippen molar-refractivity contribution in [1.29, 1.82) is 0 Å². The molecule has 1 heterocycles. The lowest BCUT2D eigenvalue weighted by Gasteiger charge is -2.21. The van der Waals surface area contributed by atoms with Gasteiger partial charge in [-0.05, 0) is 17.5 Å². The Morgan fingerprint density at radius 1 is 1.14 bits per heavy atom. The zero-order valence-corrected chi connectivity index (χ0v) is 12.1. The second-order valence-electron chi connectivity index (χ2n) is 5.36. The lowest BCUT2D eigenvalue weighted by atomic mass is 9.94. The molecule has 0 aliphatic carbocycles. The molecule has 0 radical (unpaired) electrons. The monoisotopic (exact) mass is 305 g/mol. The van der Waals surface area contributed by atoms with Gasteiger partial charge < -0.3 is 10.2 Å². The van der Waals surface area contributed by atoms with E-state index in [0.29, 0.717) is 10.5 Å². The van der Waals surface area contributed by atoms with Crippen LogP contribution in [0.1, 0.15) is 52.5 Å². The Balaban J connectivity index is 2.52. The van der Waals surface area contributed by atoms with Crippen molar-refractivity contribution in [2.75, 3.05) is 0 Å². The highest BCUT2D eigenvalue weighted by Gasteiger charge is 2.44. The van der Waals surface area contributed by atoms with Crippen LogP contribution >= 0.6 is 0 Å². The van der Waals surface area contributed by atoms with Gasteiger partial charge in [0.05, 0.1) is 17.5 Å². The summed E-state index contributed by atoms with van der Waals surface area (Å²) in [6.07, 6.45) is -0.836. The fraction of sp³-hybridized carbons (Fsp3) is 0.333. The molecule has 1 atom stereocenters. The first-order chi connectivity index (χ1) is 10.3. The first-order valence-corrected chi connectivity index (χ1v) is 6.71. The van der Waals surface area contributed by atoms with E-state index in [9.17, 15) is 19.2 Å². The number of aliphatic carboxylic acids is 2. The van der Waals surface area contributed by atoms with Gasteiger partial charge in [0, 0.05) is 0 Å². The highest BCUT2D eigenvalue weighted by Crippen LogP contribution is 2.32. The summed E-state index contributed by atoms with van der Waals surface area (Å²) in [5.41, 5.74) is 0.921. The second kappa shape index (κ2) is 5.59. The quantitative estimate of drug-likeness (QED) is 0.794. The van der Waals surface area contributed by atoms with Gasteiger partial charge in [-0.2, -0.15) is 0 Å². The molecule has 22 heavy (non-hydrogen) atoms. The number of carboxylic acids is 2. The number of hydrogen-bond acceptors (Lipinski definition) is 4. The van der Waals surface area contributed by atoms with Crippen molar-refractivity contribution in [1.82, 2.24) is 4.90 Å². The number of carbonyl (C=O) groups is 4. The molecular weight excluding hydrogens is 290 g/mol. The fourth-order valence-electron chi connectivity index (χ4n) is 2.55. The number of nitrogens with zero attached hydrogens (tertiary/aromatic N) is 1. The summed E-state index contributed by atoms with van der Waals surface area (Å²) in [5.74, 6) is -4.47. The van der Waals surface area contributed by atoms with Crippen LogP contribution in [-0.2, 0) is 9.59 Å². The maximum atomic E-state index is 12.5. The van der Waals surface area contributed by atoms with Gasteiger partial charge in [0.15, 0.2) is 0 Å². The van der Waals surface area contributed by atoms with E-state index in [1.807, 2.05) is 13.8 Å². The molecule has 2 amide bonds. The topological polar surface area (TPSA) is 112 Å². The summed E-state index contributed by atoms with van der Waals surface area (Å²) in [6, 6.07) is 3.05. The largest absolute Gasteiger partial charge is 0.481 e. The van der Waals surface area contributed by atoms with E-state index in [1.54, 1.807) is 12.1 Å². The van der Waals surface area contributed by atoms with Crippen LogP contribution in [0.3, 0.4) is 0 Å². The smallest absolute Gasteiger partial charge is 0.327 e. The molecule has 1 aromatic carbocycles. The maximum Gasteiger partial charge on any atom is 0.327 e. The Kier molecular flexibility index (Phi) is 3.99. The van der Waals surface area contributed by atoms with Gasteiger partial charge in [0.2, 0.25) is 0 Å². The Hall–Kier alpha value is -2.70. The molecule has 7 heteroatoms. The van der Waals surface area contributed by atoms with Crippen molar-refractivity contribution < 1.29 is 29.4 Å². The number of fused-ring (bicyclic) bond motifs is 1. The van der Waals surface area contributed by atoms with E-state index in [-0.39, 0.29) is 17.0 Å². The average molecular weight is 305 g/mol. The SMILES string of the molecule is CC(C)c1cccc2c1C(=O)N(C(CC(=O)O)C(=O)O)C2=O. The van der Waals surface area contributed by atoms with Gasteiger partial charge >= 0.3 is 11.9 Å². The minimum Gasteiger partial charge on any atom is -0.481 e. The van der Waals surface area contributed by atoms with Crippen molar-refractivity contribution in [3.63, 3.8) is 0 Å². The fourth-order valence-corrected chi connectivity index (χ4v) is 2.55. The third-order valence-corrected chi connectivity index (χ3v) is 3.57.